The van der Waals surface area contributed by atoms with Crippen molar-refractivity contribution in [3.8, 4) is 0 Å². The van der Waals surface area contributed by atoms with Gasteiger partial charge in [-0.3, -0.25) is 4.90 Å². The van der Waals surface area contributed by atoms with Gasteiger partial charge in [0.05, 0.1) is 12.6 Å². The molecule has 0 bridgehead atoms. The summed E-state index contributed by atoms with van der Waals surface area (Å²) in [6.07, 6.45) is 3.11. The Morgan fingerprint density at radius 1 is 1.56 bits per heavy atom. The van der Waals surface area contributed by atoms with Crippen LogP contribution in [0.1, 0.15) is 37.9 Å². The van der Waals surface area contributed by atoms with Gasteiger partial charge in [-0.2, -0.15) is 4.98 Å². The molecule has 1 saturated heterocycles. The Kier molecular flexibility index (Phi) is 3.56. The van der Waals surface area contributed by atoms with E-state index in [9.17, 15) is 5.11 Å². The molecular formula is C11H19N3O2. The molecule has 0 spiro atoms. The van der Waals surface area contributed by atoms with Gasteiger partial charge in [0.15, 0.2) is 5.82 Å². The Morgan fingerprint density at radius 3 is 3.00 bits per heavy atom. The van der Waals surface area contributed by atoms with Gasteiger partial charge in [-0.1, -0.05) is 11.6 Å². The smallest absolute Gasteiger partial charge is 0.240 e. The van der Waals surface area contributed by atoms with Crippen molar-refractivity contribution in [1.82, 2.24) is 15.0 Å². The number of hydrogen-bond donors (Lipinski definition) is 1. The quantitative estimate of drug-likeness (QED) is 0.835. The number of piperidine rings is 1. The van der Waals surface area contributed by atoms with Crippen LogP contribution < -0.4 is 0 Å². The fourth-order valence-corrected chi connectivity index (χ4v) is 2.34. The molecule has 5 nitrogen and oxygen atoms in total. The maximum Gasteiger partial charge on any atom is 0.240 e. The van der Waals surface area contributed by atoms with E-state index in [0.717, 1.165) is 13.0 Å². The molecule has 1 aromatic rings. The number of aliphatic hydroxyl groups excluding tert-OH is 1. The van der Waals surface area contributed by atoms with Crippen LogP contribution in [0.2, 0.25) is 0 Å². The van der Waals surface area contributed by atoms with E-state index in [1.807, 2.05) is 13.8 Å². The zero-order chi connectivity index (χ0) is 11.5. The van der Waals surface area contributed by atoms with Crippen LogP contribution >= 0.6 is 0 Å². The van der Waals surface area contributed by atoms with Crippen molar-refractivity contribution in [1.29, 1.82) is 0 Å². The van der Waals surface area contributed by atoms with Crippen molar-refractivity contribution in [2.75, 3.05) is 6.54 Å². The number of likely N-dealkylation sites (tertiary alicyclic amines) is 1. The summed E-state index contributed by atoms with van der Waals surface area (Å²) in [5.41, 5.74) is 0. The summed E-state index contributed by atoms with van der Waals surface area (Å²) in [6.45, 7) is 5.31. The lowest BCUT2D eigenvalue weighted by atomic mass is 9.98. The van der Waals surface area contributed by atoms with Gasteiger partial charge in [-0.05, 0) is 33.2 Å². The van der Waals surface area contributed by atoms with Gasteiger partial charge in [-0.15, -0.1) is 0 Å². The first-order valence-corrected chi connectivity index (χ1v) is 5.88. The predicted octanol–water partition coefficient (Wildman–Crippen LogP) is 1.11. The van der Waals surface area contributed by atoms with Crippen LogP contribution in [0.15, 0.2) is 4.52 Å². The molecule has 1 fully saturated rings. The molecule has 1 N–H and O–H groups in total. The molecule has 0 radical (unpaired) electrons. The lowest BCUT2D eigenvalue weighted by Gasteiger charge is -2.36. The Morgan fingerprint density at radius 2 is 2.38 bits per heavy atom. The lowest BCUT2D eigenvalue weighted by molar-refractivity contribution is 0.0260. The monoisotopic (exact) mass is 225 g/mol. The number of aryl methyl sites for hydroxylation is 1. The van der Waals surface area contributed by atoms with Gasteiger partial charge >= 0.3 is 0 Å². The van der Waals surface area contributed by atoms with Gasteiger partial charge in [-0.25, -0.2) is 0 Å². The van der Waals surface area contributed by atoms with Crippen molar-refractivity contribution in [3.63, 3.8) is 0 Å². The first kappa shape index (κ1) is 11.5. The Labute approximate surface area is 95.4 Å². The zero-order valence-electron chi connectivity index (χ0n) is 9.89. The number of hydrogen-bond acceptors (Lipinski definition) is 5. The molecule has 5 heteroatoms. The number of aliphatic hydroxyl groups is 1. The Balaban J connectivity index is 2.01. The van der Waals surface area contributed by atoms with Crippen molar-refractivity contribution in [3.05, 3.63) is 11.7 Å². The Bertz CT molecular complexity index is 338. The van der Waals surface area contributed by atoms with E-state index in [1.165, 1.54) is 12.8 Å². The van der Waals surface area contributed by atoms with Gasteiger partial charge in [0, 0.05) is 6.04 Å². The molecule has 2 heterocycles. The van der Waals surface area contributed by atoms with Gasteiger partial charge in [0.1, 0.15) is 0 Å². The van der Waals surface area contributed by atoms with Crippen LogP contribution in [0.5, 0.6) is 0 Å². The molecule has 2 atom stereocenters. The molecule has 1 aromatic heterocycles. The summed E-state index contributed by atoms with van der Waals surface area (Å²) < 4.78 is 5.11. The minimum atomic E-state index is -0.302. The minimum absolute atomic E-state index is 0.223. The van der Waals surface area contributed by atoms with E-state index in [1.54, 1.807) is 0 Å². The average Bonchev–Trinajstić information content (AvgIpc) is 2.64. The summed E-state index contributed by atoms with van der Waals surface area (Å²) in [7, 11) is 0. The van der Waals surface area contributed by atoms with Crippen LogP contribution in [0.4, 0.5) is 0 Å². The number of nitrogens with zero attached hydrogens (tertiary/aromatic N) is 3. The molecule has 0 amide bonds. The van der Waals surface area contributed by atoms with Gasteiger partial charge in [0.25, 0.3) is 0 Å². The highest BCUT2D eigenvalue weighted by molar-refractivity contribution is 4.87. The van der Waals surface area contributed by atoms with Crippen molar-refractivity contribution in [2.45, 2.75) is 51.8 Å². The second-order valence-electron chi connectivity index (χ2n) is 4.51. The molecule has 2 rings (SSSR count). The second-order valence-corrected chi connectivity index (χ2v) is 4.51. The van der Waals surface area contributed by atoms with Crippen LogP contribution in [0, 0.1) is 6.92 Å². The molecule has 0 aromatic carbocycles. The molecule has 90 valence electrons. The lowest BCUT2D eigenvalue weighted by Crippen LogP contribution is -2.45. The standard InChI is InChI=1S/C11H19N3O2/c1-8(15)10-5-3-4-6-14(10)7-11-12-9(2)13-16-11/h8,10,15H,3-7H2,1-2H3. The van der Waals surface area contributed by atoms with E-state index in [4.69, 9.17) is 4.52 Å². The second kappa shape index (κ2) is 4.93. The average molecular weight is 225 g/mol. The van der Waals surface area contributed by atoms with Crippen molar-refractivity contribution >= 4 is 0 Å². The highest BCUT2D eigenvalue weighted by atomic mass is 16.5. The van der Waals surface area contributed by atoms with Crippen molar-refractivity contribution < 1.29 is 9.63 Å². The molecule has 1 aliphatic heterocycles. The van der Waals surface area contributed by atoms with Crippen LogP contribution in [0.3, 0.4) is 0 Å². The minimum Gasteiger partial charge on any atom is -0.392 e. The predicted molar refractivity (Wildman–Crippen MR) is 58.8 cm³/mol. The van der Waals surface area contributed by atoms with Crippen LogP contribution in [-0.2, 0) is 6.54 Å². The first-order chi connectivity index (χ1) is 7.66. The summed E-state index contributed by atoms with van der Waals surface area (Å²) in [5, 5.41) is 13.5. The fraction of sp³-hybridized carbons (Fsp3) is 0.818. The number of aromatic nitrogens is 2. The molecule has 0 saturated carbocycles. The SMILES string of the molecule is Cc1noc(CN2CCCCC2C(C)O)n1. The summed E-state index contributed by atoms with van der Waals surface area (Å²) in [6, 6.07) is 0.223. The van der Waals surface area contributed by atoms with E-state index < -0.39 is 0 Å². The van der Waals surface area contributed by atoms with Crippen LogP contribution in [0.25, 0.3) is 0 Å². The third-order valence-electron chi connectivity index (χ3n) is 3.13. The molecule has 2 unspecified atom stereocenters. The highest BCUT2D eigenvalue weighted by Gasteiger charge is 2.27. The summed E-state index contributed by atoms with van der Waals surface area (Å²) >= 11 is 0. The summed E-state index contributed by atoms with van der Waals surface area (Å²) in [5.74, 6) is 1.31. The normalized spacial score (nSPS) is 24.6. The maximum atomic E-state index is 9.72. The maximum absolute atomic E-state index is 9.72. The molecule has 16 heavy (non-hydrogen) atoms. The Hall–Kier alpha value is -0.940. The van der Waals surface area contributed by atoms with Gasteiger partial charge < -0.3 is 9.63 Å². The summed E-state index contributed by atoms with van der Waals surface area (Å²) in [4.78, 5) is 6.43. The van der Waals surface area contributed by atoms with Crippen LogP contribution in [-0.4, -0.2) is 38.8 Å². The molecule has 1 aliphatic rings. The third kappa shape index (κ3) is 2.59. The van der Waals surface area contributed by atoms with E-state index in [0.29, 0.717) is 18.3 Å². The number of rotatable bonds is 3. The fourth-order valence-electron chi connectivity index (χ4n) is 2.34. The zero-order valence-corrected chi connectivity index (χ0v) is 9.89. The third-order valence-corrected chi connectivity index (χ3v) is 3.13. The van der Waals surface area contributed by atoms with E-state index in [2.05, 4.69) is 15.0 Å². The molecular weight excluding hydrogens is 206 g/mol. The van der Waals surface area contributed by atoms with Gasteiger partial charge in [0.2, 0.25) is 5.89 Å². The van der Waals surface area contributed by atoms with Crippen molar-refractivity contribution in [2.24, 2.45) is 0 Å². The van der Waals surface area contributed by atoms with E-state index >= 15 is 0 Å². The van der Waals surface area contributed by atoms with E-state index in [-0.39, 0.29) is 12.1 Å². The highest BCUT2D eigenvalue weighted by Crippen LogP contribution is 2.21. The first-order valence-electron chi connectivity index (χ1n) is 5.88. The molecule has 0 aliphatic carbocycles. The topological polar surface area (TPSA) is 62.4 Å². The largest absolute Gasteiger partial charge is 0.392 e.